The first-order chi connectivity index (χ1) is 9.18. The number of benzene rings is 2. The highest BCUT2D eigenvalue weighted by Crippen LogP contribution is 2.20. The molecular weight excluding hydrogens is 256 g/mol. The molecule has 0 spiro atoms. The highest BCUT2D eigenvalue weighted by atomic mass is 28.4. The van der Waals surface area contributed by atoms with Crippen LogP contribution in [0.2, 0.25) is 6.55 Å². The lowest BCUT2D eigenvalue weighted by atomic mass is 10.3. The summed E-state index contributed by atoms with van der Waals surface area (Å²) in [6.07, 6.45) is 0. The van der Waals surface area contributed by atoms with Gasteiger partial charge in [0.2, 0.25) is 0 Å². The topological polar surface area (TPSA) is 27.7 Å². The van der Waals surface area contributed by atoms with Crippen LogP contribution in [0, 0.1) is 0 Å². The Morgan fingerprint density at radius 1 is 0.737 bits per heavy atom. The van der Waals surface area contributed by atoms with Gasteiger partial charge in [0.1, 0.15) is 11.5 Å². The molecule has 2 rings (SSSR count). The average molecular weight is 274 g/mol. The third-order valence-corrected chi connectivity index (χ3v) is 6.08. The number of para-hydroxylation sites is 1. The highest BCUT2D eigenvalue weighted by molar-refractivity contribution is 6.79. The SMILES string of the molecule is CO[Si](C)(OC)c1ccc(Oc2ccccc2)cc1. The lowest BCUT2D eigenvalue weighted by molar-refractivity contribution is 0.265. The Balaban J connectivity index is 2.15. The van der Waals surface area contributed by atoms with E-state index in [9.17, 15) is 0 Å². The largest absolute Gasteiger partial charge is 0.457 e. The van der Waals surface area contributed by atoms with Crippen molar-refractivity contribution in [1.29, 1.82) is 0 Å². The Bertz CT molecular complexity index is 507. The van der Waals surface area contributed by atoms with E-state index in [4.69, 9.17) is 13.6 Å². The first-order valence-corrected chi connectivity index (χ1v) is 8.43. The zero-order valence-corrected chi connectivity index (χ0v) is 12.4. The molecule has 0 fully saturated rings. The molecule has 0 unspecified atom stereocenters. The maximum atomic E-state index is 5.75. The molecule has 0 heterocycles. The quantitative estimate of drug-likeness (QED) is 0.784. The van der Waals surface area contributed by atoms with E-state index in [0.717, 1.165) is 16.7 Å². The molecule has 0 aliphatic carbocycles. The molecule has 0 amide bonds. The van der Waals surface area contributed by atoms with Gasteiger partial charge in [0, 0.05) is 14.2 Å². The first-order valence-electron chi connectivity index (χ1n) is 6.12. The normalized spacial score (nSPS) is 11.3. The van der Waals surface area contributed by atoms with Crippen molar-refractivity contribution < 1.29 is 13.6 Å². The predicted octanol–water partition coefficient (Wildman–Crippen LogP) is 3.05. The monoisotopic (exact) mass is 274 g/mol. The van der Waals surface area contributed by atoms with Crippen LogP contribution in [0.1, 0.15) is 0 Å². The predicted molar refractivity (Wildman–Crippen MR) is 78.2 cm³/mol. The van der Waals surface area contributed by atoms with Crippen molar-refractivity contribution in [2.45, 2.75) is 6.55 Å². The third-order valence-electron chi connectivity index (χ3n) is 3.14. The lowest BCUT2D eigenvalue weighted by Gasteiger charge is -2.23. The molecule has 19 heavy (non-hydrogen) atoms. The van der Waals surface area contributed by atoms with Crippen molar-refractivity contribution in [1.82, 2.24) is 0 Å². The van der Waals surface area contributed by atoms with Crippen LogP contribution in [0.5, 0.6) is 11.5 Å². The fourth-order valence-corrected chi connectivity index (χ4v) is 3.18. The summed E-state index contributed by atoms with van der Waals surface area (Å²) >= 11 is 0. The summed E-state index contributed by atoms with van der Waals surface area (Å²) < 4.78 is 16.8. The Morgan fingerprint density at radius 2 is 1.26 bits per heavy atom. The summed E-state index contributed by atoms with van der Waals surface area (Å²) in [4.78, 5) is 0. The van der Waals surface area contributed by atoms with Gasteiger partial charge in [-0.2, -0.15) is 0 Å². The summed E-state index contributed by atoms with van der Waals surface area (Å²) in [6, 6.07) is 17.6. The van der Waals surface area contributed by atoms with Gasteiger partial charge in [0.15, 0.2) is 0 Å². The van der Waals surface area contributed by atoms with Crippen molar-refractivity contribution >= 4 is 13.7 Å². The number of hydrogen-bond acceptors (Lipinski definition) is 3. The van der Waals surface area contributed by atoms with E-state index in [1.54, 1.807) is 14.2 Å². The molecule has 0 atom stereocenters. The van der Waals surface area contributed by atoms with E-state index in [2.05, 4.69) is 0 Å². The second-order valence-corrected chi connectivity index (χ2v) is 7.58. The molecule has 2 aromatic carbocycles. The summed E-state index contributed by atoms with van der Waals surface area (Å²) in [5, 5.41) is 1.08. The van der Waals surface area contributed by atoms with E-state index in [0.29, 0.717) is 0 Å². The molecule has 0 radical (unpaired) electrons. The standard InChI is InChI=1S/C15H18O3Si/c1-16-19(3,17-2)15-11-9-14(10-12-15)18-13-7-5-4-6-8-13/h4-12H,1-3H3. The highest BCUT2D eigenvalue weighted by Gasteiger charge is 2.31. The Morgan fingerprint density at radius 3 is 1.79 bits per heavy atom. The maximum absolute atomic E-state index is 5.75. The molecule has 3 nitrogen and oxygen atoms in total. The van der Waals surface area contributed by atoms with Crippen LogP contribution in [0.4, 0.5) is 0 Å². The van der Waals surface area contributed by atoms with E-state index < -0.39 is 8.56 Å². The van der Waals surface area contributed by atoms with Gasteiger partial charge in [-0.1, -0.05) is 30.3 Å². The average Bonchev–Trinajstić information content (AvgIpc) is 2.48. The van der Waals surface area contributed by atoms with Crippen molar-refractivity contribution in [3.63, 3.8) is 0 Å². The summed E-state index contributed by atoms with van der Waals surface area (Å²) in [5.41, 5.74) is 0. The van der Waals surface area contributed by atoms with Crippen molar-refractivity contribution in [3.05, 3.63) is 54.6 Å². The molecule has 2 aromatic rings. The van der Waals surface area contributed by atoms with E-state index in [1.807, 2.05) is 61.1 Å². The minimum atomic E-state index is -2.24. The summed E-state index contributed by atoms with van der Waals surface area (Å²) in [6.45, 7) is 2.01. The molecule has 0 aliphatic heterocycles. The number of hydrogen-bond donors (Lipinski definition) is 0. The van der Waals surface area contributed by atoms with E-state index in [1.165, 1.54) is 0 Å². The molecule has 0 aromatic heterocycles. The fourth-order valence-electron chi connectivity index (χ4n) is 1.77. The molecule has 4 heteroatoms. The van der Waals surface area contributed by atoms with Crippen LogP contribution < -0.4 is 9.92 Å². The fraction of sp³-hybridized carbons (Fsp3) is 0.200. The van der Waals surface area contributed by atoms with Gasteiger partial charge in [-0.3, -0.25) is 0 Å². The van der Waals surface area contributed by atoms with Gasteiger partial charge in [-0.25, -0.2) is 0 Å². The lowest BCUT2D eigenvalue weighted by Crippen LogP contribution is -2.49. The Labute approximate surface area is 115 Å². The number of ether oxygens (including phenoxy) is 1. The van der Waals surface area contributed by atoms with Crippen LogP contribution >= 0.6 is 0 Å². The summed E-state index contributed by atoms with van der Waals surface area (Å²) in [7, 11) is 1.13. The molecule has 0 bridgehead atoms. The molecule has 0 N–H and O–H groups in total. The maximum Gasteiger partial charge on any atom is 0.368 e. The van der Waals surface area contributed by atoms with Gasteiger partial charge in [-0.05, 0) is 36.0 Å². The minimum Gasteiger partial charge on any atom is -0.457 e. The molecular formula is C15H18O3Si. The summed E-state index contributed by atoms with van der Waals surface area (Å²) in [5.74, 6) is 1.63. The van der Waals surface area contributed by atoms with Gasteiger partial charge in [0.25, 0.3) is 0 Å². The van der Waals surface area contributed by atoms with Crippen molar-refractivity contribution in [2.24, 2.45) is 0 Å². The molecule has 0 saturated heterocycles. The van der Waals surface area contributed by atoms with Gasteiger partial charge >= 0.3 is 8.56 Å². The van der Waals surface area contributed by atoms with Crippen LogP contribution in [-0.4, -0.2) is 22.8 Å². The van der Waals surface area contributed by atoms with Crippen molar-refractivity contribution in [3.8, 4) is 11.5 Å². The van der Waals surface area contributed by atoms with Crippen LogP contribution in [0.25, 0.3) is 0 Å². The second kappa shape index (κ2) is 6.01. The van der Waals surface area contributed by atoms with Gasteiger partial charge in [0.05, 0.1) is 0 Å². The smallest absolute Gasteiger partial charge is 0.368 e. The molecule has 0 aliphatic rings. The molecule has 0 saturated carbocycles. The second-order valence-electron chi connectivity index (χ2n) is 4.29. The van der Waals surface area contributed by atoms with E-state index in [-0.39, 0.29) is 0 Å². The molecule has 100 valence electrons. The Hall–Kier alpha value is -1.62. The number of rotatable bonds is 5. The van der Waals surface area contributed by atoms with Crippen LogP contribution in [0.15, 0.2) is 54.6 Å². The van der Waals surface area contributed by atoms with Gasteiger partial charge < -0.3 is 13.6 Å². The van der Waals surface area contributed by atoms with Gasteiger partial charge in [-0.15, -0.1) is 0 Å². The van der Waals surface area contributed by atoms with Crippen LogP contribution in [0.3, 0.4) is 0 Å². The van der Waals surface area contributed by atoms with Crippen molar-refractivity contribution in [2.75, 3.05) is 14.2 Å². The zero-order valence-electron chi connectivity index (χ0n) is 11.4. The Kier molecular flexibility index (Phi) is 4.37. The van der Waals surface area contributed by atoms with E-state index >= 15 is 0 Å². The third kappa shape index (κ3) is 3.23. The van der Waals surface area contributed by atoms with Crippen LogP contribution in [-0.2, 0) is 8.85 Å². The first kappa shape index (κ1) is 13.8. The minimum absolute atomic E-state index is 0.804. The zero-order chi connectivity index (χ0) is 13.7.